The third-order valence-electron chi connectivity index (χ3n) is 1.89. The van der Waals surface area contributed by atoms with Crippen LogP contribution in [0.15, 0.2) is 31.0 Å². The average molecular weight is 231 g/mol. The van der Waals surface area contributed by atoms with Gasteiger partial charge in [0.15, 0.2) is 5.82 Å². The van der Waals surface area contributed by atoms with Gasteiger partial charge in [-0.05, 0) is 0 Å². The summed E-state index contributed by atoms with van der Waals surface area (Å²) in [5.41, 5.74) is 0.197. The maximum atomic E-state index is 11.8. The first kappa shape index (κ1) is 10.9. The molecule has 0 saturated heterocycles. The molecule has 2 aromatic heterocycles. The molecule has 2 aromatic rings. The number of anilines is 1. The number of nitrogens with one attached hydrogen (secondary N) is 1. The quantitative estimate of drug-likeness (QED) is 0.828. The predicted molar refractivity (Wildman–Crippen MR) is 58.6 cm³/mol. The van der Waals surface area contributed by atoms with Crippen LogP contribution in [0.3, 0.4) is 0 Å². The van der Waals surface area contributed by atoms with Gasteiger partial charge in [-0.3, -0.25) is 9.78 Å². The van der Waals surface area contributed by atoms with Crippen LogP contribution in [0.2, 0.25) is 0 Å². The monoisotopic (exact) mass is 231 g/mol. The van der Waals surface area contributed by atoms with Crippen LogP contribution >= 0.6 is 0 Å². The van der Waals surface area contributed by atoms with Crippen molar-refractivity contribution < 1.29 is 9.53 Å². The minimum Gasteiger partial charge on any atom is -0.481 e. The summed E-state index contributed by atoms with van der Waals surface area (Å²) in [4.78, 5) is 27.1. The SMILES string of the molecule is COc1cc(C(=O)Nc2cnccn2)ncn1. The van der Waals surface area contributed by atoms with Gasteiger partial charge < -0.3 is 10.1 Å². The van der Waals surface area contributed by atoms with Gasteiger partial charge in [0.2, 0.25) is 5.88 Å². The lowest BCUT2D eigenvalue weighted by Gasteiger charge is -2.03. The Morgan fingerprint density at radius 3 is 2.88 bits per heavy atom. The summed E-state index contributed by atoms with van der Waals surface area (Å²) in [7, 11) is 1.46. The second-order valence-electron chi connectivity index (χ2n) is 2.99. The zero-order chi connectivity index (χ0) is 12.1. The Labute approximate surface area is 96.9 Å². The third kappa shape index (κ3) is 2.71. The summed E-state index contributed by atoms with van der Waals surface area (Å²) < 4.78 is 4.90. The molecule has 2 rings (SSSR count). The van der Waals surface area contributed by atoms with Crippen LogP contribution in [0.1, 0.15) is 10.5 Å². The number of methoxy groups -OCH3 is 1. The second kappa shape index (κ2) is 4.97. The third-order valence-corrected chi connectivity index (χ3v) is 1.89. The van der Waals surface area contributed by atoms with Crippen molar-refractivity contribution in [3.05, 3.63) is 36.7 Å². The van der Waals surface area contributed by atoms with Crippen LogP contribution < -0.4 is 10.1 Å². The number of ether oxygens (including phenoxy) is 1. The molecule has 0 saturated carbocycles. The normalized spacial score (nSPS) is 9.71. The van der Waals surface area contributed by atoms with Crippen molar-refractivity contribution in [2.24, 2.45) is 0 Å². The van der Waals surface area contributed by atoms with E-state index in [0.717, 1.165) is 0 Å². The number of nitrogens with zero attached hydrogens (tertiary/aromatic N) is 4. The smallest absolute Gasteiger partial charge is 0.275 e. The Bertz CT molecular complexity index is 517. The topological polar surface area (TPSA) is 89.9 Å². The Balaban J connectivity index is 2.14. The van der Waals surface area contributed by atoms with Gasteiger partial charge in [0, 0.05) is 18.5 Å². The molecule has 0 aliphatic heterocycles. The lowest BCUT2D eigenvalue weighted by molar-refractivity contribution is 0.102. The Kier molecular flexibility index (Phi) is 3.20. The predicted octanol–water partition coefficient (Wildman–Crippen LogP) is 0.527. The molecule has 7 heteroatoms. The molecule has 0 aliphatic carbocycles. The van der Waals surface area contributed by atoms with Crippen molar-refractivity contribution in [3.8, 4) is 5.88 Å². The molecule has 86 valence electrons. The first-order chi connectivity index (χ1) is 8.29. The molecule has 1 N–H and O–H groups in total. The molecule has 0 radical (unpaired) electrons. The van der Waals surface area contributed by atoms with E-state index < -0.39 is 5.91 Å². The summed E-state index contributed by atoms with van der Waals surface area (Å²) in [6.07, 6.45) is 5.69. The van der Waals surface area contributed by atoms with E-state index in [1.165, 1.54) is 38.1 Å². The van der Waals surface area contributed by atoms with Crippen LogP contribution in [0.4, 0.5) is 5.82 Å². The van der Waals surface area contributed by atoms with Gasteiger partial charge in [-0.25, -0.2) is 15.0 Å². The van der Waals surface area contributed by atoms with Crippen LogP contribution in [0, 0.1) is 0 Å². The Hall–Kier alpha value is -2.57. The molecule has 0 spiro atoms. The van der Waals surface area contributed by atoms with Crippen LogP contribution in [-0.4, -0.2) is 33.0 Å². The van der Waals surface area contributed by atoms with Crippen molar-refractivity contribution >= 4 is 11.7 Å². The molecule has 0 unspecified atom stereocenters. The molecule has 0 atom stereocenters. The van der Waals surface area contributed by atoms with E-state index >= 15 is 0 Å². The summed E-state index contributed by atoms with van der Waals surface area (Å²) >= 11 is 0. The van der Waals surface area contributed by atoms with Gasteiger partial charge in [-0.15, -0.1) is 0 Å². The van der Waals surface area contributed by atoms with Gasteiger partial charge in [-0.2, -0.15) is 0 Å². The van der Waals surface area contributed by atoms with E-state index in [0.29, 0.717) is 11.7 Å². The number of hydrogen-bond acceptors (Lipinski definition) is 6. The zero-order valence-electron chi connectivity index (χ0n) is 8.99. The Morgan fingerprint density at radius 2 is 2.18 bits per heavy atom. The van der Waals surface area contributed by atoms with Gasteiger partial charge in [0.25, 0.3) is 5.91 Å². The van der Waals surface area contributed by atoms with Gasteiger partial charge in [-0.1, -0.05) is 0 Å². The number of carbonyl (C=O) groups excluding carboxylic acids is 1. The number of amides is 1. The fourth-order valence-electron chi connectivity index (χ4n) is 1.12. The van der Waals surface area contributed by atoms with E-state index in [2.05, 4.69) is 25.3 Å². The number of aromatic nitrogens is 4. The molecule has 0 bridgehead atoms. The summed E-state index contributed by atoms with van der Waals surface area (Å²) in [5.74, 6) is 0.283. The molecule has 17 heavy (non-hydrogen) atoms. The zero-order valence-corrected chi connectivity index (χ0v) is 8.99. The minimum atomic E-state index is -0.397. The average Bonchev–Trinajstić information content (AvgIpc) is 2.40. The fourth-order valence-corrected chi connectivity index (χ4v) is 1.12. The van der Waals surface area contributed by atoms with Crippen molar-refractivity contribution in [2.75, 3.05) is 12.4 Å². The summed E-state index contributed by atoms with van der Waals surface area (Å²) in [6.45, 7) is 0. The highest BCUT2D eigenvalue weighted by Crippen LogP contribution is 2.07. The minimum absolute atomic E-state index is 0.197. The molecular formula is C10H9N5O2. The first-order valence-corrected chi connectivity index (χ1v) is 4.73. The molecule has 1 amide bonds. The lowest BCUT2D eigenvalue weighted by atomic mass is 10.4. The van der Waals surface area contributed by atoms with Crippen LogP contribution in [0.25, 0.3) is 0 Å². The number of hydrogen-bond donors (Lipinski definition) is 1. The van der Waals surface area contributed by atoms with Crippen molar-refractivity contribution in [1.29, 1.82) is 0 Å². The maximum Gasteiger partial charge on any atom is 0.275 e. The van der Waals surface area contributed by atoms with E-state index in [4.69, 9.17) is 4.74 Å². The highest BCUT2D eigenvalue weighted by atomic mass is 16.5. The number of carbonyl (C=O) groups is 1. The molecule has 0 aromatic carbocycles. The van der Waals surface area contributed by atoms with E-state index in [-0.39, 0.29) is 5.69 Å². The van der Waals surface area contributed by atoms with Gasteiger partial charge >= 0.3 is 0 Å². The Morgan fingerprint density at radius 1 is 1.29 bits per heavy atom. The number of rotatable bonds is 3. The largest absolute Gasteiger partial charge is 0.481 e. The van der Waals surface area contributed by atoms with Crippen molar-refractivity contribution in [3.63, 3.8) is 0 Å². The summed E-state index contributed by atoms with van der Waals surface area (Å²) in [5, 5.41) is 2.55. The molecule has 0 aliphatic rings. The maximum absolute atomic E-state index is 11.8. The van der Waals surface area contributed by atoms with E-state index in [1.807, 2.05) is 0 Å². The van der Waals surface area contributed by atoms with Crippen molar-refractivity contribution in [1.82, 2.24) is 19.9 Å². The summed E-state index contributed by atoms with van der Waals surface area (Å²) in [6, 6.07) is 1.44. The van der Waals surface area contributed by atoms with Crippen LogP contribution in [0.5, 0.6) is 5.88 Å². The standard InChI is InChI=1S/C10H9N5O2/c1-17-9-4-7(13-6-14-9)10(16)15-8-5-11-2-3-12-8/h2-6H,1H3,(H,12,15,16). The molecular weight excluding hydrogens is 222 g/mol. The lowest BCUT2D eigenvalue weighted by Crippen LogP contribution is -2.15. The molecule has 7 nitrogen and oxygen atoms in total. The second-order valence-corrected chi connectivity index (χ2v) is 2.99. The van der Waals surface area contributed by atoms with Crippen molar-refractivity contribution in [2.45, 2.75) is 0 Å². The first-order valence-electron chi connectivity index (χ1n) is 4.73. The van der Waals surface area contributed by atoms with Gasteiger partial charge in [0.05, 0.1) is 13.3 Å². The van der Waals surface area contributed by atoms with Crippen LogP contribution in [-0.2, 0) is 0 Å². The van der Waals surface area contributed by atoms with E-state index in [1.54, 1.807) is 0 Å². The highest BCUT2D eigenvalue weighted by Gasteiger charge is 2.09. The molecule has 2 heterocycles. The highest BCUT2D eigenvalue weighted by molar-refractivity contribution is 6.02. The van der Waals surface area contributed by atoms with E-state index in [9.17, 15) is 4.79 Å². The van der Waals surface area contributed by atoms with Gasteiger partial charge in [0.1, 0.15) is 12.0 Å². The molecule has 0 fully saturated rings. The fraction of sp³-hybridized carbons (Fsp3) is 0.100.